The number of anilines is 1. The van der Waals surface area contributed by atoms with Gasteiger partial charge in [-0.15, -0.1) is 0 Å². The van der Waals surface area contributed by atoms with Crippen LogP contribution in [0.2, 0.25) is 0 Å². The third-order valence-corrected chi connectivity index (χ3v) is 2.68. The van der Waals surface area contributed by atoms with Gasteiger partial charge in [0.05, 0.1) is 6.61 Å². The number of unbranched alkanes of at least 4 members (excludes halogenated alkanes) is 1. The first kappa shape index (κ1) is 14.9. The highest BCUT2D eigenvalue weighted by atomic mass is 16.6. The van der Waals surface area contributed by atoms with Gasteiger partial charge in [0.15, 0.2) is 5.82 Å². The SMILES string of the molecule is CCCCOC(=O)N([O-])c1ccnc(-c2ccncc2)n1. The van der Waals surface area contributed by atoms with E-state index in [1.807, 2.05) is 6.92 Å². The van der Waals surface area contributed by atoms with Crippen LogP contribution in [0.3, 0.4) is 0 Å². The van der Waals surface area contributed by atoms with Crippen molar-refractivity contribution in [1.29, 1.82) is 0 Å². The summed E-state index contributed by atoms with van der Waals surface area (Å²) in [5.41, 5.74) is 0.708. The quantitative estimate of drug-likeness (QED) is 0.620. The Morgan fingerprint density at radius 3 is 2.76 bits per heavy atom. The molecule has 0 radical (unpaired) electrons. The normalized spacial score (nSPS) is 10.2. The first-order chi connectivity index (χ1) is 10.2. The minimum absolute atomic E-state index is 0.0571. The highest BCUT2D eigenvalue weighted by molar-refractivity contribution is 5.87. The van der Waals surface area contributed by atoms with E-state index in [-0.39, 0.29) is 17.5 Å². The van der Waals surface area contributed by atoms with Gasteiger partial charge in [0.25, 0.3) is 0 Å². The second-order valence-corrected chi connectivity index (χ2v) is 4.24. The molecule has 0 aliphatic heterocycles. The number of carbonyl (C=O) groups is 1. The van der Waals surface area contributed by atoms with Gasteiger partial charge in [-0.25, -0.2) is 14.8 Å². The summed E-state index contributed by atoms with van der Waals surface area (Å²) >= 11 is 0. The summed E-state index contributed by atoms with van der Waals surface area (Å²) in [6.07, 6.45) is 5.24. The lowest BCUT2D eigenvalue weighted by Gasteiger charge is -2.26. The minimum Gasteiger partial charge on any atom is -0.748 e. The smallest absolute Gasteiger partial charge is 0.404 e. The maximum Gasteiger partial charge on any atom is 0.404 e. The molecule has 0 unspecified atom stereocenters. The Hall–Kier alpha value is -2.54. The zero-order valence-electron chi connectivity index (χ0n) is 11.6. The summed E-state index contributed by atoms with van der Waals surface area (Å²) < 4.78 is 4.85. The number of ether oxygens (including phenoxy) is 1. The lowest BCUT2D eigenvalue weighted by atomic mass is 10.2. The number of amides is 1. The van der Waals surface area contributed by atoms with Crippen molar-refractivity contribution < 1.29 is 9.53 Å². The summed E-state index contributed by atoms with van der Waals surface area (Å²) in [5, 5.41) is 12.0. The second kappa shape index (κ2) is 7.30. The standard InChI is InChI=1S/C14H15N4O3/c1-2-3-10-21-14(19)18(20)12-6-9-16-13(17-12)11-4-7-15-8-5-11/h4-9H,2-3,10H2,1H3/q-1. The molecule has 0 aliphatic rings. The second-order valence-electron chi connectivity index (χ2n) is 4.24. The number of pyridine rings is 1. The van der Waals surface area contributed by atoms with Crippen molar-refractivity contribution in [3.63, 3.8) is 0 Å². The van der Waals surface area contributed by atoms with Crippen LogP contribution in [0.25, 0.3) is 11.4 Å². The number of hydrogen-bond donors (Lipinski definition) is 0. The summed E-state index contributed by atoms with van der Waals surface area (Å²) in [5.74, 6) is 0.287. The molecule has 0 N–H and O–H groups in total. The lowest BCUT2D eigenvalue weighted by molar-refractivity contribution is 0.154. The Balaban J connectivity index is 2.12. The Morgan fingerprint density at radius 2 is 2.05 bits per heavy atom. The van der Waals surface area contributed by atoms with Gasteiger partial charge in [-0.1, -0.05) is 13.3 Å². The molecule has 110 valence electrons. The first-order valence-electron chi connectivity index (χ1n) is 6.60. The van der Waals surface area contributed by atoms with Crippen molar-refractivity contribution in [3.05, 3.63) is 42.0 Å². The van der Waals surface area contributed by atoms with Crippen molar-refractivity contribution in [3.8, 4) is 11.4 Å². The van der Waals surface area contributed by atoms with Crippen LogP contribution in [0.15, 0.2) is 36.8 Å². The number of hydrogen-bond acceptors (Lipinski definition) is 6. The van der Waals surface area contributed by atoms with E-state index in [0.29, 0.717) is 17.8 Å². The molecule has 0 aliphatic carbocycles. The van der Waals surface area contributed by atoms with Crippen LogP contribution >= 0.6 is 0 Å². The van der Waals surface area contributed by atoms with Crippen LogP contribution in [0, 0.1) is 5.21 Å². The van der Waals surface area contributed by atoms with Gasteiger partial charge in [-0.05, 0) is 24.6 Å². The van der Waals surface area contributed by atoms with Gasteiger partial charge < -0.3 is 15.0 Å². The Bertz CT molecular complexity index is 592. The highest BCUT2D eigenvalue weighted by Gasteiger charge is 2.10. The van der Waals surface area contributed by atoms with Crippen molar-refractivity contribution in [2.45, 2.75) is 19.8 Å². The molecule has 0 bridgehead atoms. The number of rotatable bonds is 5. The summed E-state index contributed by atoms with van der Waals surface area (Å²) in [7, 11) is 0. The van der Waals surface area contributed by atoms with Gasteiger partial charge in [-0.3, -0.25) is 4.98 Å². The molecule has 0 aromatic carbocycles. The van der Waals surface area contributed by atoms with Gasteiger partial charge in [0.2, 0.25) is 0 Å². The van der Waals surface area contributed by atoms with Crippen LogP contribution in [-0.2, 0) is 4.74 Å². The van der Waals surface area contributed by atoms with E-state index in [1.54, 1.807) is 24.5 Å². The lowest BCUT2D eigenvalue weighted by Crippen LogP contribution is -2.26. The van der Waals surface area contributed by atoms with Crippen molar-refractivity contribution in [1.82, 2.24) is 15.0 Å². The van der Waals surface area contributed by atoms with Crippen molar-refractivity contribution >= 4 is 11.9 Å². The molecule has 0 fully saturated rings. The van der Waals surface area contributed by atoms with E-state index in [9.17, 15) is 10.0 Å². The summed E-state index contributed by atoms with van der Waals surface area (Å²) in [4.78, 5) is 23.6. The van der Waals surface area contributed by atoms with Crippen LogP contribution < -0.4 is 5.06 Å². The molecule has 0 spiro atoms. The molecular weight excluding hydrogens is 272 g/mol. The molecule has 2 aromatic rings. The zero-order chi connectivity index (χ0) is 15.1. The predicted molar refractivity (Wildman–Crippen MR) is 77.4 cm³/mol. The third-order valence-electron chi connectivity index (χ3n) is 2.68. The maximum absolute atomic E-state index is 11.9. The van der Waals surface area contributed by atoms with E-state index in [1.165, 1.54) is 12.3 Å². The molecule has 0 atom stereocenters. The average Bonchev–Trinajstić information content (AvgIpc) is 2.55. The third kappa shape index (κ3) is 3.96. The van der Waals surface area contributed by atoms with E-state index in [4.69, 9.17) is 4.74 Å². The van der Waals surface area contributed by atoms with Crippen molar-refractivity contribution in [2.75, 3.05) is 11.7 Å². The van der Waals surface area contributed by atoms with Gasteiger partial charge in [0, 0.05) is 24.2 Å². The van der Waals surface area contributed by atoms with Crippen LogP contribution in [0.1, 0.15) is 19.8 Å². The van der Waals surface area contributed by atoms with Crippen LogP contribution in [-0.4, -0.2) is 27.7 Å². The minimum atomic E-state index is -0.970. The highest BCUT2D eigenvalue weighted by Crippen LogP contribution is 2.17. The number of aromatic nitrogens is 3. The molecule has 1 amide bonds. The van der Waals surface area contributed by atoms with E-state index >= 15 is 0 Å². The van der Waals surface area contributed by atoms with Gasteiger partial charge in [0.1, 0.15) is 5.82 Å². The first-order valence-corrected chi connectivity index (χ1v) is 6.60. The number of carbonyl (C=O) groups excluding carboxylic acids is 1. The summed E-state index contributed by atoms with van der Waals surface area (Å²) in [6, 6.07) is 4.79. The van der Waals surface area contributed by atoms with E-state index in [0.717, 1.165) is 6.42 Å². The Kier molecular flexibility index (Phi) is 5.16. The molecular formula is C14H15N4O3-. The molecule has 0 saturated heterocycles. The van der Waals surface area contributed by atoms with Crippen molar-refractivity contribution in [2.24, 2.45) is 0 Å². The van der Waals surface area contributed by atoms with Gasteiger partial charge in [-0.2, -0.15) is 0 Å². The fourth-order valence-corrected chi connectivity index (χ4v) is 1.56. The predicted octanol–water partition coefficient (Wildman–Crippen LogP) is 2.78. The fourth-order valence-electron chi connectivity index (χ4n) is 1.56. The van der Waals surface area contributed by atoms with E-state index < -0.39 is 6.09 Å². The topological polar surface area (TPSA) is 91.3 Å². The van der Waals surface area contributed by atoms with Gasteiger partial charge >= 0.3 is 6.09 Å². The number of nitrogens with zero attached hydrogens (tertiary/aromatic N) is 4. The monoisotopic (exact) mass is 287 g/mol. The summed E-state index contributed by atoms with van der Waals surface area (Å²) in [6.45, 7) is 2.19. The average molecular weight is 287 g/mol. The molecule has 0 saturated carbocycles. The van der Waals surface area contributed by atoms with Crippen LogP contribution in [0.4, 0.5) is 10.6 Å². The van der Waals surface area contributed by atoms with E-state index in [2.05, 4.69) is 15.0 Å². The zero-order valence-corrected chi connectivity index (χ0v) is 11.6. The molecule has 7 nitrogen and oxygen atoms in total. The molecule has 7 heteroatoms. The molecule has 2 aromatic heterocycles. The molecule has 2 rings (SSSR count). The Morgan fingerprint density at radius 1 is 1.29 bits per heavy atom. The largest absolute Gasteiger partial charge is 0.748 e. The van der Waals surface area contributed by atoms with Crippen LogP contribution in [0.5, 0.6) is 0 Å². The maximum atomic E-state index is 11.9. The fraction of sp³-hybridized carbons (Fsp3) is 0.286. The molecule has 21 heavy (non-hydrogen) atoms. The number of hydroxylamine groups is 1. The molecule has 2 heterocycles. The Labute approximate surface area is 122 Å².